The number of ether oxygens (including phenoxy) is 4. The third-order valence-electron chi connectivity index (χ3n) is 9.27. The number of rotatable bonds is 16. The number of benzene rings is 2. The van der Waals surface area contributed by atoms with Gasteiger partial charge in [-0.2, -0.15) is 9.97 Å². The van der Waals surface area contributed by atoms with Crippen LogP contribution in [0.2, 0.25) is 20.6 Å². The number of nitrogens with one attached hydrogen (secondary N) is 2. The number of pyridine rings is 4. The molecule has 20 nitrogen and oxygen atoms in total. The molecule has 2 aliphatic heterocycles. The van der Waals surface area contributed by atoms with Gasteiger partial charge in [0.25, 0.3) is 0 Å². The van der Waals surface area contributed by atoms with Crippen LogP contribution in [-0.4, -0.2) is 93.7 Å². The van der Waals surface area contributed by atoms with Crippen LogP contribution in [0.3, 0.4) is 0 Å². The van der Waals surface area contributed by atoms with Gasteiger partial charge in [-0.05, 0) is 121 Å². The summed E-state index contributed by atoms with van der Waals surface area (Å²) in [5.74, 6) is 2.10. The van der Waals surface area contributed by atoms with Crippen LogP contribution in [0, 0.1) is 13.1 Å². The largest absolute Gasteiger partial charge is 0.508 e. The number of nitrogens with zero attached hydrogens (tertiary/aromatic N) is 6. The monoisotopic (exact) mass is 1390 g/mol. The van der Waals surface area contributed by atoms with E-state index in [1.165, 1.54) is 6.07 Å². The van der Waals surface area contributed by atoms with E-state index in [2.05, 4.69) is 40.3 Å². The number of aliphatic hydroxyl groups excluding tert-OH is 1. The summed E-state index contributed by atoms with van der Waals surface area (Å²) in [5.41, 5.74) is 4.98. The zero-order valence-electron chi connectivity index (χ0n) is 172. The van der Waals surface area contributed by atoms with Crippen molar-refractivity contribution in [3.8, 4) is 35.0 Å². The first kappa shape index (κ1) is 17.3. The first-order chi connectivity index (χ1) is 102. The Morgan fingerprint density at radius 2 is 1.11 bits per heavy atom. The van der Waals surface area contributed by atoms with Gasteiger partial charge in [0.05, 0.1) is 51.9 Å². The normalized spacial score (nSPS) is 18.0. The highest BCUT2D eigenvalue weighted by molar-refractivity contribution is 6.62. The number of aromatic nitrogens is 4. The standard InChI is InChI=1S/C16H15BN2O4.C9H11ClN2O2.C9H9ClN2O.C7H7BO3.C6H4Cl2N2O.C3H8O.66H2/c1-3-8-21-16-14(18-2)6-7-15(19-16)23-12-4-5-13-11(9-12)10-22-17(13)20;1-2-5-14-9-7(11-6-13)3-4-8(10)12-9;1-3-6-13-9-7(11-2)4-5-8(10)12-9;9-6-1-2-7-5(3-6)4-11-8(7)10;7-5-2-1-4(9-3-11)6(8)10-5;1-2-3-4;;;;;;;;;;;;;;;;;;;;;;;;;;;;;;;;;;;;;;;;;;;;;;;;;;;;;;;;;;;;;;;;;;/h4-7,9,20H,3,8,10H2,1H3;3-4,6H,2,5H2,1H3,(H,11,13);4-5H,3,6H2,1H3;1-3,9-10H,4H2;1-3H,(H,9,11);4H,2-3H2,1H3;66*1H/i;;;;;;65*1+1D;1+1. The molecule has 2 amide bonds. The Kier molecular flexibility index (Phi) is 8.03. The highest BCUT2D eigenvalue weighted by Gasteiger charge is 2.28. The molecule has 0 unspecified atom stereocenters. The average molecular weight is 1390 g/mol. The van der Waals surface area contributed by atoms with Crippen molar-refractivity contribution in [2.45, 2.75) is 66.6 Å². The van der Waals surface area contributed by atoms with E-state index in [-0.39, 0.29) is 18.2 Å². The van der Waals surface area contributed by atoms with Crippen LogP contribution in [0.1, 0.15) is 259 Å². The predicted molar refractivity (Wildman–Crippen MR) is 433 cm³/mol. The number of hydrogen-bond donors (Lipinski definition) is 6. The van der Waals surface area contributed by atoms with Gasteiger partial charge in [-0.1, -0.05) is 86.2 Å². The molecular weight excluding hydrogens is 1070 g/mol. The van der Waals surface area contributed by atoms with E-state index in [9.17, 15) is 14.6 Å². The lowest BCUT2D eigenvalue weighted by Crippen LogP contribution is -2.27. The second-order valence-corrected chi connectivity index (χ2v) is 16.6. The molecule has 2 aliphatic rings. The van der Waals surface area contributed by atoms with Gasteiger partial charge in [0.1, 0.15) is 32.6 Å². The maximum atomic E-state index is 10.3. The van der Waals surface area contributed by atoms with Crippen molar-refractivity contribution in [3.05, 3.63) is 140 Å². The maximum absolute atomic E-state index is 10.3. The molecule has 0 aliphatic carbocycles. The summed E-state index contributed by atoms with van der Waals surface area (Å²) in [6, 6.07) is 22.9. The summed E-state index contributed by atoms with van der Waals surface area (Å²) in [6.07, 6.45) is 4.55. The van der Waals surface area contributed by atoms with Crippen molar-refractivity contribution in [1.29, 1.82) is 0 Å². The molecule has 6 aromatic rings. The molecule has 532 valence electrons. The number of phenolic OH excluding ortho intramolecular Hbond substituents is 1. The summed E-state index contributed by atoms with van der Waals surface area (Å²) in [4.78, 5) is 42.7. The summed E-state index contributed by atoms with van der Waals surface area (Å²) in [7, 11) is -1.69. The van der Waals surface area contributed by atoms with Crippen LogP contribution in [0.15, 0.2) is 84.9 Å². The van der Waals surface area contributed by atoms with Crippen molar-refractivity contribution < 1.29 is 253 Å². The molecule has 2 aromatic carbocycles. The fourth-order valence-corrected chi connectivity index (χ4v) is 6.43. The predicted octanol–water partition coefficient (Wildman–Crippen LogP) is 25.8. The molecule has 6 heterocycles. The van der Waals surface area contributed by atoms with Crippen molar-refractivity contribution in [2.24, 2.45) is 0 Å². The minimum absolute atomic E-state index is 0. The Morgan fingerprint density at radius 3 is 1.63 bits per heavy atom. The molecule has 0 bridgehead atoms. The SMILES string of the molecule is CCCO.CCCOc1nc(Cl)ccc1NC=O.O=CNc1ccc(Cl)nc1Cl.OB1OCc2cc(O)ccc21.[2HH].[2H][2H].[2H][2H].[2H][2H].[2H][2H].[2H][2H].[2H][2H].[2H][2H].[2H][2H].[2H][2H].[2H][2H].[2H][2H].[2H][2H].[2H][2H].[2H][2H].[2H][2H].[2H][2H].[2H][2H].[2H][2H].[2H][2H].[2H][2H].[2H][2H].[2H][2H].[2H][2H].[2H][2H].[2H][2H].[2H][2H].[2H][2H].[2H][2H].[2H][2H].[2H][2H].[2H][2H].[2H][2H].[2H][2H].[2H][2H].[2H][2H].[2H][2H].[2H][2H].[2H][2H].[2H][2H].[2H][2H].[2H][2H].[2H][2H].[2H][2H].[2H][2H].[2H][2H].[2H][2H].[2H][2H].[2H][2H].[2H][2H].[2H][2H].[2H][2H].[2H][2H].[2H][2H].[2H][2H].[2H][2H].[2H][2H].[2H][2H].[2H][2H].[2H][2H].[2H][2H].[2H][2H].[2H][2H].[2H][2H].[2H][2H].[2H][2H].[C-]#[N+]c1ccc(Cl)nc1OCCC.[C-]#[N+]c1ccc(Oc2ccc3c(c2)COB3O)nc1OCCC. The van der Waals surface area contributed by atoms with Crippen molar-refractivity contribution >= 4 is 107 Å². The molecule has 0 saturated heterocycles. The van der Waals surface area contributed by atoms with E-state index >= 15 is 0 Å². The molecule has 0 atom stereocenters. The molecule has 4 aromatic heterocycles. The zero-order chi connectivity index (χ0) is 186. The lowest BCUT2D eigenvalue weighted by atomic mass is 9.80. The Bertz CT molecular complexity index is 3070. The van der Waals surface area contributed by atoms with Crippen LogP contribution < -0.4 is 40.5 Å². The van der Waals surface area contributed by atoms with E-state index in [1.54, 1.807) is 72.8 Å². The third-order valence-corrected chi connectivity index (χ3v) is 10.2. The third kappa shape index (κ3) is 21.7. The van der Waals surface area contributed by atoms with Crippen LogP contribution in [0.4, 0.5) is 22.7 Å². The van der Waals surface area contributed by atoms with Crippen LogP contribution in [-0.2, 0) is 32.1 Å². The number of anilines is 2. The number of carbonyl (C=O) groups is 2. The zero-order valence-corrected chi connectivity index (χ0v) is 44.7. The topological polar surface area (TPSA) is 255 Å². The summed E-state index contributed by atoms with van der Waals surface area (Å²) in [5, 5.41) is 41.7. The van der Waals surface area contributed by atoms with Gasteiger partial charge in [0, 0.05) is 201 Å². The fourth-order valence-electron chi connectivity index (χ4n) is 5.75. The van der Waals surface area contributed by atoms with Crippen molar-refractivity contribution in [1.82, 2.24) is 19.9 Å². The second-order valence-electron chi connectivity index (χ2n) is 15.1. The number of amides is 2. The minimum atomic E-state index is -0.871. The number of halogens is 4. The Labute approximate surface area is 663 Å². The highest BCUT2D eigenvalue weighted by atomic mass is 35.5. The molecular formula is C50H186B2Cl4N8O12. The summed E-state index contributed by atoms with van der Waals surface area (Å²) < 4.78 is 682. The molecule has 0 saturated carbocycles. The van der Waals surface area contributed by atoms with E-state index < -0.39 is 14.2 Å². The molecule has 8 rings (SSSR count). The highest BCUT2D eigenvalue weighted by Crippen LogP contribution is 2.31. The number of aliphatic hydroxyl groups is 1. The van der Waals surface area contributed by atoms with Gasteiger partial charge in [0.2, 0.25) is 47.7 Å². The van der Waals surface area contributed by atoms with Crippen LogP contribution >= 0.6 is 46.4 Å². The molecule has 0 fully saturated rings. The lowest BCUT2D eigenvalue weighted by Gasteiger charge is -2.10. The first-order valence-electron chi connectivity index (χ1n) is 88.2. The fraction of sp³-hybridized carbons (Fsp3) is 0.280. The molecule has 26 heteroatoms. The van der Waals surface area contributed by atoms with Crippen LogP contribution in [0.5, 0.6) is 35.0 Å². The minimum Gasteiger partial charge on any atom is -0.508 e. The molecule has 0 spiro atoms. The number of carbonyl (C=O) groups excluding carboxylic acids is 2. The summed E-state index contributed by atoms with van der Waals surface area (Å²) >= 11 is 22.4. The van der Waals surface area contributed by atoms with E-state index in [1.807, 2.05) is 33.8 Å². The Balaban J connectivity index is -0.0000000167. The van der Waals surface area contributed by atoms with Gasteiger partial charge in [-0.15, -0.1) is 0 Å². The van der Waals surface area contributed by atoms with Crippen molar-refractivity contribution in [2.75, 3.05) is 37.1 Å². The van der Waals surface area contributed by atoms with Gasteiger partial charge in [0.15, 0.2) is 5.15 Å². The summed E-state index contributed by atoms with van der Waals surface area (Å²) in [6.45, 7) is 24.5. The smallest absolute Gasteiger partial charge is 0.491 e. The lowest BCUT2D eigenvalue weighted by molar-refractivity contribution is -0.106. The quantitative estimate of drug-likeness (QED) is 0.0228. The van der Waals surface area contributed by atoms with Crippen LogP contribution in [0.25, 0.3) is 9.69 Å². The number of fused-ring (bicyclic) bond motifs is 2. The van der Waals surface area contributed by atoms with Gasteiger partial charge < -0.3 is 59.2 Å². The average Bonchev–Trinajstić information content (AvgIpc) is 1.68. The van der Waals surface area contributed by atoms with Gasteiger partial charge in [-0.3, -0.25) is 9.59 Å². The van der Waals surface area contributed by atoms with E-state index in [4.69, 9.17) is 296 Å². The Hall–Kier alpha value is -6.95. The maximum Gasteiger partial charge on any atom is 0.491 e. The second kappa shape index (κ2) is 35.3. The van der Waals surface area contributed by atoms with Gasteiger partial charge in [-0.25, -0.2) is 19.7 Å². The van der Waals surface area contributed by atoms with E-state index in [0.717, 1.165) is 47.7 Å². The number of phenols is 1. The first-order valence-corrected chi connectivity index (χ1v) is 24.7. The molecule has 0 radical (unpaired) electrons. The Morgan fingerprint density at radius 1 is 0.645 bits per heavy atom. The van der Waals surface area contributed by atoms with Gasteiger partial charge >= 0.3 is 14.2 Å². The number of aromatic hydroxyl groups is 1. The van der Waals surface area contributed by atoms with E-state index in [0.29, 0.717) is 114 Å². The van der Waals surface area contributed by atoms with Crippen molar-refractivity contribution in [3.63, 3.8) is 0 Å². The molecule has 6 N–H and O–H groups in total. The molecule has 76 heavy (non-hydrogen) atoms. The number of hydrogen-bond acceptors (Lipinski definition) is 16.